The molecule has 0 spiro atoms. The van der Waals surface area contributed by atoms with E-state index in [1.807, 2.05) is 13.8 Å². The molecule has 110 valence electrons. The van der Waals surface area contributed by atoms with Gasteiger partial charge in [-0.3, -0.25) is 9.59 Å². The van der Waals surface area contributed by atoms with E-state index in [0.717, 1.165) is 0 Å². The maximum absolute atomic E-state index is 11.7. The number of hydrogen-bond acceptors (Lipinski definition) is 3. The standard InChI is InChI=1S/C14H17Cl2NO3/c1-3-9(4-2)14(19)20-8-13(18)17-12-6-5-10(15)7-11(12)16/h5-7,9H,3-4,8H2,1-2H3,(H,17,18). The van der Waals surface area contributed by atoms with Crippen molar-refractivity contribution >= 4 is 40.8 Å². The molecule has 1 aromatic carbocycles. The number of anilines is 1. The van der Waals surface area contributed by atoms with Crippen LogP contribution in [0.3, 0.4) is 0 Å². The Balaban J connectivity index is 2.50. The van der Waals surface area contributed by atoms with Crippen LogP contribution in [-0.2, 0) is 14.3 Å². The van der Waals surface area contributed by atoms with Gasteiger partial charge >= 0.3 is 5.97 Å². The largest absolute Gasteiger partial charge is 0.455 e. The molecule has 1 aromatic rings. The van der Waals surface area contributed by atoms with Gasteiger partial charge in [0.1, 0.15) is 0 Å². The van der Waals surface area contributed by atoms with Gasteiger partial charge < -0.3 is 10.1 Å². The molecule has 1 amide bonds. The molecule has 0 atom stereocenters. The average Bonchev–Trinajstić information content (AvgIpc) is 2.41. The number of esters is 1. The lowest BCUT2D eigenvalue weighted by Gasteiger charge is -2.12. The minimum atomic E-state index is -0.437. The van der Waals surface area contributed by atoms with Crippen LogP contribution in [0, 0.1) is 5.92 Å². The number of amides is 1. The Morgan fingerprint density at radius 3 is 2.45 bits per heavy atom. The fourth-order valence-electron chi connectivity index (χ4n) is 1.65. The summed E-state index contributed by atoms with van der Waals surface area (Å²) < 4.78 is 4.96. The van der Waals surface area contributed by atoms with Crippen molar-refractivity contribution in [2.75, 3.05) is 11.9 Å². The Morgan fingerprint density at radius 2 is 1.90 bits per heavy atom. The van der Waals surface area contributed by atoms with Gasteiger partial charge in [-0.15, -0.1) is 0 Å². The topological polar surface area (TPSA) is 55.4 Å². The molecule has 0 unspecified atom stereocenters. The van der Waals surface area contributed by atoms with Gasteiger partial charge in [0.15, 0.2) is 6.61 Å². The number of carbonyl (C=O) groups is 2. The summed E-state index contributed by atoms with van der Waals surface area (Å²) in [7, 11) is 0. The summed E-state index contributed by atoms with van der Waals surface area (Å²) in [4.78, 5) is 23.3. The first kappa shape index (κ1) is 16.8. The van der Waals surface area contributed by atoms with E-state index < -0.39 is 5.91 Å². The first-order valence-corrected chi connectivity index (χ1v) is 7.15. The van der Waals surface area contributed by atoms with Crippen molar-refractivity contribution in [3.63, 3.8) is 0 Å². The molecular weight excluding hydrogens is 301 g/mol. The van der Waals surface area contributed by atoms with E-state index in [0.29, 0.717) is 28.6 Å². The molecule has 20 heavy (non-hydrogen) atoms. The molecule has 0 heterocycles. The van der Waals surface area contributed by atoms with E-state index in [1.165, 1.54) is 6.07 Å². The highest BCUT2D eigenvalue weighted by Crippen LogP contribution is 2.25. The first-order chi connectivity index (χ1) is 9.47. The first-order valence-electron chi connectivity index (χ1n) is 6.39. The van der Waals surface area contributed by atoms with E-state index in [9.17, 15) is 9.59 Å². The normalized spacial score (nSPS) is 10.4. The third-order valence-electron chi connectivity index (χ3n) is 2.87. The van der Waals surface area contributed by atoms with Crippen LogP contribution in [0.1, 0.15) is 26.7 Å². The average molecular weight is 318 g/mol. The van der Waals surface area contributed by atoms with Crippen molar-refractivity contribution in [2.24, 2.45) is 5.92 Å². The van der Waals surface area contributed by atoms with Crippen LogP contribution >= 0.6 is 23.2 Å². The van der Waals surface area contributed by atoms with Gasteiger partial charge in [0.25, 0.3) is 5.91 Å². The zero-order chi connectivity index (χ0) is 15.1. The molecule has 4 nitrogen and oxygen atoms in total. The van der Waals surface area contributed by atoms with E-state index in [-0.39, 0.29) is 18.5 Å². The Bertz CT molecular complexity index is 487. The predicted octanol–water partition coefficient (Wildman–Crippen LogP) is 3.91. The van der Waals surface area contributed by atoms with Gasteiger partial charge in [-0.1, -0.05) is 37.0 Å². The number of ether oxygens (including phenoxy) is 1. The minimum Gasteiger partial charge on any atom is -0.455 e. The van der Waals surface area contributed by atoms with Crippen molar-refractivity contribution in [1.29, 1.82) is 0 Å². The lowest BCUT2D eigenvalue weighted by Crippen LogP contribution is -2.24. The van der Waals surface area contributed by atoms with Crippen LogP contribution in [0.4, 0.5) is 5.69 Å². The van der Waals surface area contributed by atoms with Crippen LogP contribution < -0.4 is 5.32 Å². The second-order valence-electron chi connectivity index (χ2n) is 4.29. The number of nitrogens with one attached hydrogen (secondary N) is 1. The molecule has 0 aliphatic heterocycles. The summed E-state index contributed by atoms with van der Waals surface area (Å²) in [6.07, 6.45) is 1.39. The Morgan fingerprint density at radius 1 is 1.25 bits per heavy atom. The molecular formula is C14H17Cl2NO3. The summed E-state index contributed by atoms with van der Waals surface area (Å²) in [5.74, 6) is -0.956. The summed E-state index contributed by atoms with van der Waals surface area (Å²) in [6.45, 7) is 3.49. The molecule has 0 aliphatic carbocycles. The summed E-state index contributed by atoms with van der Waals surface area (Å²) in [6, 6.07) is 4.72. The number of halogens is 2. The smallest absolute Gasteiger partial charge is 0.309 e. The Hall–Kier alpha value is -1.26. The van der Waals surface area contributed by atoms with Gasteiger partial charge in [0.05, 0.1) is 16.6 Å². The molecule has 0 radical (unpaired) electrons. The predicted molar refractivity (Wildman–Crippen MR) is 80.1 cm³/mol. The van der Waals surface area contributed by atoms with E-state index >= 15 is 0 Å². The number of benzene rings is 1. The number of rotatable bonds is 6. The number of carbonyl (C=O) groups excluding carboxylic acids is 2. The van der Waals surface area contributed by atoms with Crippen LogP contribution in [0.15, 0.2) is 18.2 Å². The summed E-state index contributed by atoms with van der Waals surface area (Å²) in [5.41, 5.74) is 0.430. The highest BCUT2D eigenvalue weighted by molar-refractivity contribution is 6.36. The lowest BCUT2D eigenvalue weighted by molar-refractivity contribution is -0.151. The monoisotopic (exact) mass is 317 g/mol. The highest BCUT2D eigenvalue weighted by atomic mass is 35.5. The highest BCUT2D eigenvalue weighted by Gasteiger charge is 2.17. The second kappa shape index (κ2) is 8.12. The zero-order valence-corrected chi connectivity index (χ0v) is 12.9. The maximum Gasteiger partial charge on any atom is 0.309 e. The van der Waals surface area contributed by atoms with E-state index in [2.05, 4.69) is 5.32 Å². The van der Waals surface area contributed by atoms with Crippen molar-refractivity contribution in [1.82, 2.24) is 0 Å². The fraction of sp³-hybridized carbons (Fsp3) is 0.429. The minimum absolute atomic E-state index is 0.165. The quantitative estimate of drug-likeness (QED) is 0.809. The van der Waals surface area contributed by atoms with Gasteiger partial charge in [0.2, 0.25) is 0 Å². The van der Waals surface area contributed by atoms with Gasteiger partial charge in [-0.2, -0.15) is 0 Å². The third-order valence-corrected chi connectivity index (χ3v) is 3.42. The Kier molecular flexibility index (Phi) is 6.82. The SMILES string of the molecule is CCC(CC)C(=O)OCC(=O)Nc1ccc(Cl)cc1Cl. The van der Waals surface area contributed by atoms with E-state index in [4.69, 9.17) is 27.9 Å². The zero-order valence-electron chi connectivity index (χ0n) is 11.4. The van der Waals surface area contributed by atoms with Crippen LogP contribution in [0.5, 0.6) is 0 Å². The van der Waals surface area contributed by atoms with Gasteiger partial charge in [-0.25, -0.2) is 0 Å². The van der Waals surface area contributed by atoms with Crippen molar-refractivity contribution in [3.8, 4) is 0 Å². The summed E-state index contributed by atoms with van der Waals surface area (Å²) in [5, 5.41) is 3.37. The molecule has 0 saturated heterocycles. The second-order valence-corrected chi connectivity index (χ2v) is 5.14. The molecule has 0 aromatic heterocycles. The van der Waals surface area contributed by atoms with Gasteiger partial charge in [-0.05, 0) is 31.0 Å². The Labute approximate surface area is 128 Å². The molecule has 0 saturated carbocycles. The van der Waals surface area contributed by atoms with Crippen LogP contribution in [0.25, 0.3) is 0 Å². The molecule has 0 fully saturated rings. The molecule has 1 rings (SSSR count). The molecule has 1 N–H and O–H groups in total. The van der Waals surface area contributed by atoms with E-state index in [1.54, 1.807) is 12.1 Å². The van der Waals surface area contributed by atoms with Crippen molar-refractivity contribution < 1.29 is 14.3 Å². The molecule has 0 bridgehead atoms. The molecule has 0 aliphatic rings. The van der Waals surface area contributed by atoms with Crippen molar-refractivity contribution in [3.05, 3.63) is 28.2 Å². The number of hydrogen-bond donors (Lipinski definition) is 1. The fourth-order valence-corrected chi connectivity index (χ4v) is 2.11. The van der Waals surface area contributed by atoms with Crippen molar-refractivity contribution in [2.45, 2.75) is 26.7 Å². The van der Waals surface area contributed by atoms with Crippen LogP contribution in [-0.4, -0.2) is 18.5 Å². The van der Waals surface area contributed by atoms with Crippen LogP contribution in [0.2, 0.25) is 10.0 Å². The lowest BCUT2D eigenvalue weighted by atomic mass is 10.0. The molecule has 6 heteroatoms. The van der Waals surface area contributed by atoms with Gasteiger partial charge in [0, 0.05) is 5.02 Å². The maximum atomic E-state index is 11.7. The summed E-state index contributed by atoms with van der Waals surface area (Å²) >= 11 is 11.7. The third kappa shape index (κ3) is 5.02.